The van der Waals surface area contributed by atoms with E-state index in [-0.39, 0.29) is 28.8 Å². The Balaban J connectivity index is 2.59. The van der Waals surface area contributed by atoms with Gasteiger partial charge in [-0.2, -0.15) is 0 Å². The smallest absolute Gasteiger partial charge is 0.244 e. The van der Waals surface area contributed by atoms with Gasteiger partial charge in [0, 0.05) is 6.54 Å². The molecule has 0 saturated heterocycles. The van der Waals surface area contributed by atoms with E-state index in [1.165, 1.54) is 12.1 Å². The average molecular weight is 305 g/mol. The standard InChI is InChI=1S/C12H17ClN2O3S/c1-2-3-8-18-9-7-15-19(16,17)12-10(13)5-4-6-11(12)14/h2,4-6,15H,1,3,7-9,14H2. The molecule has 106 valence electrons. The number of ether oxygens (including phenoxy) is 1. The first-order chi connectivity index (χ1) is 8.99. The van der Waals surface area contributed by atoms with Crippen LogP contribution in [-0.2, 0) is 14.8 Å². The van der Waals surface area contributed by atoms with Gasteiger partial charge in [0.05, 0.1) is 23.9 Å². The lowest BCUT2D eigenvalue weighted by Gasteiger charge is -2.10. The number of anilines is 1. The van der Waals surface area contributed by atoms with E-state index in [9.17, 15) is 8.42 Å². The lowest BCUT2D eigenvalue weighted by atomic mass is 10.3. The molecule has 19 heavy (non-hydrogen) atoms. The Labute approximate surface area is 118 Å². The molecule has 0 bridgehead atoms. The summed E-state index contributed by atoms with van der Waals surface area (Å²) in [5.74, 6) is 0. The van der Waals surface area contributed by atoms with Crippen molar-refractivity contribution in [1.82, 2.24) is 4.72 Å². The summed E-state index contributed by atoms with van der Waals surface area (Å²) in [5, 5.41) is 0.0973. The number of sulfonamides is 1. The number of hydrogen-bond donors (Lipinski definition) is 2. The van der Waals surface area contributed by atoms with Gasteiger partial charge in [0.2, 0.25) is 10.0 Å². The first-order valence-corrected chi connectivity index (χ1v) is 7.57. The molecule has 3 N–H and O–H groups in total. The van der Waals surface area contributed by atoms with E-state index in [0.717, 1.165) is 6.42 Å². The predicted molar refractivity (Wildman–Crippen MR) is 76.7 cm³/mol. The van der Waals surface area contributed by atoms with Crippen LogP contribution in [0.1, 0.15) is 6.42 Å². The van der Waals surface area contributed by atoms with Crippen LogP contribution in [0.4, 0.5) is 5.69 Å². The molecule has 0 aliphatic heterocycles. The highest BCUT2D eigenvalue weighted by Gasteiger charge is 2.20. The fraction of sp³-hybridized carbons (Fsp3) is 0.333. The molecular weight excluding hydrogens is 288 g/mol. The zero-order valence-corrected chi connectivity index (χ0v) is 12.0. The van der Waals surface area contributed by atoms with E-state index >= 15 is 0 Å². The molecule has 0 heterocycles. The van der Waals surface area contributed by atoms with Crippen LogP contribution in [0, 0.1) is 0 Å². The Morgan fingerprint density at radius 1 is 1.42 bits per heavy atom. The van der Waals surface area contributed by atoms with Gasteiger partial charge in [-0.05, 0) is 18.6 Å². The third kappa shape index (κ3) is 4.83. The van der Waals surface area contributed by atoms with E-state index < -0.39 is 10.0 Å². The van der Waals surface area contributed by atoms with Crippen molar-refractivity contribution in [3.63, 3.8) is 0 Å². The van der Waals surface area contributed by atoms with Crippen molar-refractivity contribution >= 4 is 27.3 Å². The summed E-state index contributed by atoms with van der Waals surface area (Å²) in [7, 11) is -3.72. The molecule has 7 heteroatoms. The molecule has 5 nitrogen and oxygen atoms in total. The Hall–Kier alpha value is -1.08. The van der Waals surface area contributed by atoms with Gasteiger partial charge in [-0.15, -0.1) is 6.58 Å². The molecular formula is C12H17ClN2O3S. The van der Waals surface area contributed by atoms with Crippen molar-refractivity contribution in [2.75, 3.05) is 25.5 Å². The minimum absolute atomic E-state index is 0.0947. The van der Waals surface area contributed by atoms with Crippen LogP contribution in [0.3, 0.4) is 0 Å². The minimum Gasteiger partial charge on any atom is -0.398 e. The van der Waals surface area contributed by atoms with Crippen LogP contribution in [0.2, 0.25) is 5.02 Å². The van der Waals surface area contributed by atoms with E-state index in [1.807, 2.05) is 0 Å². The van der Waals surface area contributed by atoms with Gasteiger partial charge in [-0.25, -0.2) is 13.1 Å². The number of benzene rings is 1. The molecule has 0 atom stereocenters. The Kier molecular flexibility index (Phi) is 6.30. The van der Waals surface area contributed by atoms with Gasteiger partial charge in [-0.3, -0.25) is 0 Å². The maximum Gasteiger partial charge on any atom is 0.244 e. The second-order valence-corrected chi connectivity index (χ2v) is 5.86. The SMILES string of the molecule is C=CCCOCCNS(=O)(=O)c1c(N)cccc1Cl. The quantitative estimate of drug-likeness (QED) is 0.436. The fourth-order valence-electron chi connectivity index (χ4n) is 1.40. The van der Waals surface area contributed by atoms with E-state index in [4.69, 9.17) is 22.1 Å². The number of rotatable bonds is 8. The molecule has 0 aliphatic rings. The zero-order valence-electron chi connectivity index (χ0n) is 10.4. The molecule has 0 saturated carbocycles. The Bertz CT molecular complexity index is 512. The summed E-state index contributed by atoms with van der Waals surface area (Å²) in [5.41, 5.74) is 5.75. The summed E-state index contributed by atoms with van der Waals surface area (Å²) in [4.78, 5) is -0.0947. The molecule has 0 aliphatic carbocycles. The summed E-state index contributed by atoms with van der Waals surface area (Å²) in [6, 6.07) is 4.56. The second kappa shape index (κ2) is 7.49. The van der Waals surface area contributed by atoms with E-state index in [1.54, 1.807) is 12.1 Å². The van der Waals surface area contributed by atoms with Crippen molar-refractivity contribution < 1.29 is 13.2 Å². The largest absolute Gasteiger partial charge is 0.398 e. The number of nitrogens with one attached hydrogen (secondary N) is 1. The fourth-order valence-corrected chi connectivity index (χ4v) is 3.08. The van der Waals surface area contributed by atoms with Gasteiger partial charge in [0.25, 0.3) is 0 Å². The van der Waals surface area contributed by atoms with Crippen LogP contribution in [-0.4, -0.2) is 28.2 Å². The van der Waals surface area contributed by atoms with Gasteiger partial charge < -0.3 is 10.5 Å². The number of halogens is 1. The van der Waals surface area contributed by atoms with Crippen LogP contribution in [0.5, 0.6) is 0 Å². The zero-order chi connectivity index (χ0) is 14.3. The molecule has 1 aromatic carbocycles. The normalized spacial score (nSPS) is 11.4. The summed E-state index contributed by atoms with van der Waals surface area (Å²) in [6.45, 7) is 4.50. The highest BCUT2D eigenvalue weighted by molar-refractivity contribution is 7.89. The van der Waals surface area contributed by atoms with Crippen LogP contribution in [0.25, 0.3) is 0 Å². The van der Waals surface area contributed by atoms with Crippen LogP contribution >= 0.6 is 11.6 Å². The maximum absolute atomic E-state index is 12.0. The average Bonchev–Trinajstić information content (AvgIpc) is 2.33. The van der Waals surface area contributed by atoms with Gasteiger partial charge in [-0.1, -0.05) is 23.7 Å². The van der Waals surface area contributed by atoms with E-state index in [2.05, 4.69) is 11.3 Å². The summed E-state index contributed by atoms with van der Waals surface area (Å²) in [6.07, 6.45) is 2.46. The summed E-state index contributed by atoms with van der Waals surface area (Å²) >= 11 is 5.85. The molecule has 0 amide bonds. The Morgan fingerprint density at radius 3 is 2.79 bits per heavy atom. The van der Waals surface area contributed by atoms with E-state index in [0.29, 0.717) is 6.61 Å². The van der Waals surface area contributed by atoms with Crippen molar-refractivity contribution in [2.24, 2.45) is 0 Å². The molecule has 1 aromatic rings. The molecule has 0 aromatic heterocycles. The number of nitrogens with two attached hydrogens (primary N) is 1. The van der Waals surface area contributed by atoms with Gasteiger partial charge >= 0.3 is 0 Å². The van der Waals surface area contributed by atoms with Crippen LogP contribution in [0.15, 0.2) is 35.7 Å². The third-order valence-corrected chi connectivity index (χ3v) is 4.28. The highest BCUT2D eigenvalue weighted by atomic mass is 35.5. The maximum atomic E-state index is 12.0. The predicted octanol–water partition coefficient (Wildman–Crippen LogP) is 1.79. The monoisotopic (exact) mass is 304 g/mol. The molecule has 0 spiro atoms. The first kappa shape index (κ1) is 16.0. The van der Waals surface area contributed by atoms with Crippen molar-refractivity contribution in [2.45, 2.75) is 11.3 Å². The van der Waals surface area contributed by atoms with Crippen molar-refractivity contribution in [3.05, 3.63) is 35.9 Å². The topological polar surface area (TPSA) is 81.4 Å². The number of hydrogen-bond acceptors (Lipinski definition) is 4. The molecule has 0 radical (unpaired) electrons. The first-order valence-electron chi connectivity index (χ1n) is 5.71. The minimum atomic E-state index is -3.72. The van der Waals surface area contributed by atoms with Crippen molar-refractivity contribution in [1.29, 1.82) is 0 Å². The molecule has 0 unspecified atom stereocenters. The lowest BCUT2D eigenvalue weighted by molar-refractivity contribution is 0.144. The summed E-state index contributed by atoms with van der Waals surface area (Å²) < 4.78 is 31.6. The van der Waals surface area contributed by atoms with Gasteiger partial charge in [0.15, 0.2) is 0 Å². The molecule has 1 rings (SSSR count). The number of nitrogen functional groups attached to an aromatic ring is 1. The highest BCUT2D eigenvalue weighted by Crippen LogP contribution is 2.26. The Morgan fingerprint density at radius 2 is 2.16 bits per heavy atom. The second-order valence-electron chi connectivity index (χ2n) is 3.75. The molecule has 0 fully saturated rings. The van der Waals surface area contributed by atoms with Gasteiger partial charge in [0.1, 0.15) is 4.90 Å². The lowest BCUT2D eigenvalue weighted by Crippen LogP contribution is -2.28. The third-order valence-electron chi connectivity index (χ3n) is 2.27. The van der Waals surface area contributed by atoms with Crippen molar-refractivity contribution in [3.8, 4) is 0 Å². The van der Waals surface area contributed by atoms with Crippen LogP contribution < -0.4 is 10.5 Å².